The van der Waals surface area contributed by atoms with Crippen molar-refractivity contribution in [2.24, 2.45) is 0 Å². The largest absolute Gasteiger partial charge is 0.439 e. The fraction of sp³-hybridized carbons (Fsp3) is 0.351. The molecule has 5 heterocycles. The van der Waals surface area contributed by atoms with E-state index < -0.39 is 13.0 Å². The van der Waals surface area contributed by atoms with Gasteiger partial charge in [-0.3, -0.25) is 4.57 Å². The fourth-order valence-corrected chi connectivity index (χ4v) is 9.58. The van der Waals surface area contributed by atoms with Gasteiger partial charge in [0.25, 0.3) is 7.37 Å². The van der Waals surface area contributed by atoms with Crippen LogP contribution >= 0.6 is 7.37 Å². The number of para-hydroxylation sites is 1. The summed E-state index contributed by atoms with van der Waals surface area (Å²) in [4.78, 5) is 4.69. The molecule has 5 unspecified atom stereocenters. The monoisotopic (exact) mass is 636 g/mol. The standard InChI is InChI=1S/C37H37N2O6P/c40-46(36-8-4-2-6-34(36)33-5-1-3-7-35(33)45-46)37(25-9-13-27(14-10-25)38(17-29-21-41-29)18-30-22-42-30)26-11-15-28(16-12-26)39(19-31-23-43-31)20-32-24-44-32/h1-16,29-32,37H,17-24H2. The summed E-state index contributed by atoms with van der Waals surface area (Å²) >= 11 is 0. The first kappa shape index (κ1) is 28.6. The van der Waals surface area contributed by atoms with E-state index in [0.29, 0.717) is 5.75 Å². The number of nitrogens with zero attached hydrogens (tertiary/aromatic N) is 2. The lowest BCUT2D eigenvalue weighted by atomic mass is 10.0. The summed E-state index contributed by atoms with van der Waals surface area (Å²) < 4.78 is 44.6. The molecule has 0 radical (unpaired) electrons. The van der Waals surface area contributed by atoms with Gasteiger partial charge in [-0.15, -0.1) is 0 Å². The summed E-state index contributed by atoms with van der Waals surface area (Å²) in [7, 11) is -3.52. The maximum Gasteiger partial charge on any atom is 0.289 e. The summed E-state index contributed by atoms with van der Waals surface area (Å²) in [6, 6.07) is 33.0. The van der Waals surface area contributed by atoms with Gasteiger partial charge in [0.15, 0.2) is 0 Å². The number of ether oxygens (including phenoxy) is 4. The van der Waals surface area contributed by atoms with E-state index in [1.807, 2.05) is 42.5 Å². The minimum atomic E-state index is -3.52. The molecule has 0 aliphatic carbocycles. The number of anilines is 2. The van der Waals surface area contributed by atoms with Crippen molar-refractivity contribution < 1.29 is 28.0 Å². The molecule has 0 bridgehead atoms. The van der Waals surface area contributed by atoms with Gasteiger partial charge in [0.05, 0.1) is 56.1 Å². The highest BCUT2D eigenvalue weighted by atomic mass is 31.2. The van der Waals surface area contributed by atoms with Crippen LogP contribution in [-0.4, -0.2) is 77.0 Å². The van der Waals surface area contributed by atoms with Crippen LogP contribution in [0.25, 0.3) is 11.1 Å². The van der Waals surface area contributed by atoms with Crippen LogP contribution in [0.15, 0.2) is 97.1 Å². The zero-order chi connectivity index (χ0) is 30.7. The predicted octanol–water partition coefficient (Wildman–Crippen LogP) is 5.65. The number of epoxide rings is 4. The van der Waals surface area contributed by atoms with Gasteiger partial charge in [-0.25, -0.2) is 0 Å². The molecule has 0 N–H and O–H groups in total. The lowest BCUT2D eigenvalue weighted by Gasteiger charge is -2.35. The third-order valence-corrected chi connectivity index (χ3v) is 12.3. The highest BCUT2D eigenvalue weighted by molar-refractivity contribution is 7.68. The number of fused-ring (bicyclic) bond motifs is 3. The van der Waals surface area contributed by atoms with E-state index in [2.05, 4.69) is 64.4 Å². The van der Waals surface area contributed by atoms with E-state index >= 15 is 4.57 Å². The SMILES string of the molecule is O=P1(C(c2ccc(N(CC3CO3)CC3CO3)cc2)c2ccc(N(CC3CO3)CC3CO3)cc2)Oc2ccccc2-c2ccccc21. The highest BCUT2D eigenvalue weighted by Gasteiger charge is 2.45. The molecule has 8 nitrogen and oxygen atoms in total. The van der Waals surface area contributed by atoms with E-state index in [4.69, 9.17) is 23.5 Å². The van der Waals surface area contributed by atoms with Gasteiger partial charge in [0.1, 0.15) is 11.4 Å². The molecule has 5 aliphatic rings. The lowest BCUT2D eigenvalue weighted by molar-refractivity contribution is 0.388. The van der Waals surface area contributed by atoms with E-state index in [1.54, 1.807) is 0 Å². The molecule has 9 rings (SSSR count). The smallest absolute Gasteiger partial charge is 0.289 e. The van der Waals surface area contributed by atoms with Crippen molar-refractivity contribution in [3.63, 3.8) is 0 Å². The van der Waals surface area contributed by atoms with Gasteiger partial charge in [0, 0.05) is 43.1 Å². The van der Waals surface area contributed by atoms with Crippen molar-refractivity contribution >= 4 is 24.0 Å². The zero-order valence-electron chi connectivity index (χ0n) is 25.6. The number of hydrogen-bond acceptors (Lipinski definition) is 8. The van der Waals surface area contributed by atoms with Crippen LogP contribution < -0.4 is 19.6 Å². The van der Waals surface area contributed by atoms with Gasteiger partial charge in [-0.2, -0.15) is 0 Å². The molecule has 4 aromatic carbocycles. The van der Waals surface area contributed by atoms with Crippen LogP contribution in [-0.2, 0) is 23.5 Å². The Bertz CT molecular complexity index is 1660. The van der Waals surface area contributed by atoms with Crippen LogP contribution in [0.2, 0.25) is 0 Å². The third kappa shape index (κ3) is 5.85. The molecule has 236 valence electrons. The van der Waals surface area contributed by atoms with Crippen molar-refractivity contribution in [3.05, 3.63) is 108 Å². The van der Waals surface area contributed by atoms with Crippen molar-refractivity contribution in [1.82, 2.24) is 0 Å². The Hall–Kier alpha value is -3.65. The second-order valence-electron chi connectivity index (χ2n) is 12.9. The first-order valence-corrected chi connectivity index (χ1v) is 17.9. The number of benzene rings is 4. The third-order valence-electron chi connectivity index (χ3n) is 9.44. The van der Waals surface area contributed by atoms with E-state index in [0.717, 1.165) is 91.5 Å². The minimum Gasteiger partial charge on any atom is -0.439 e. The fourth-order valence-electron chi connectivity index (χ4n) is 6.70. The minimum absolute atomic E-state index is 0.269. The Kier molecular flexibility index (Phi) is 7.17. The number of rotatable bonds is 13. The van der Waals surface area contributed by atoms with Crippen molar-refractivity contribution in [2.75, 3.05) is 62.4 Å². The molecule has 46 heavy (non-hydrogen) atoms. The van der Waals surface area contributed by atoms with Crippen molar-refractivity contribution in [2.45, 2.75) is 30.1 Å². The summed E-state index contributed by atoms with van der Waals surface area (Å²) in [6.07, 6.45) is 1.08. The lowest BCUT2D eigenvalue weighted by Crippen LogP contribution is -2.31. The molecule has 4 fully saturated rings. The molecular weight excluding hydrogens is 599 g/mol. The van der Waals surface area contributed by atoms with Gasteiger partial charge >= 0.3 is 0 Å². The van der Waals surface area contributed by atoms with Crippen LogP contribution in [0.3, 0.4) is 0 Å². The first-order chi connectivity index (χ1) is 22.6. The van der Waals surface area contributed by atoms with E-state index in [-0.39, 0.29) is 24.4 Å². The Balaban J connectivity index is 1.11. The van der Waals surface area contributed by atoms with Gasteiger partial charge < -0.3 is 33.3 Å². The number of hydrogen-bond donors (Lipinski definition) is 0. The molecule has 0 aromatic heterocycles. The second kappa shape index (κ2) is 11.5. The maximum absolute atomic E-state index is 15.7. The zero-order valence-corrected chi connectivity index (χ0v) is 26.5. The molecule has 5 aliphatic heterocycles. The average Bonchev–Trinajstić information content (AvgIpc) is 3.88. The Morgan fingerprint density at radius 2 is 0.978 bits per heavy atom. The molecular formula is C37H37N2O6P. The maximum atomic E-state index is 15.7. The predicted molar refractivity (Wildman–Crippen MR) is 178 cm³/mol. The van der Waals surface area contributed by atoms with Gasteiger partial charge in [-0.1, -0.05) is 60.7 Å². The van der Waals surface area contributed by atoms with Crippen LogP contribution in [0, 0.1) is 0 Å². The highest BCUT2D eigenvalue weighted by Crippen LogP contribution is 2.65. The topological polar surface area (TPSA) is 82.9 Å². The molecule has 4 aromatic rings. The van der Waals surface area contributed by atoms with Gasteiger partial charge in [0.2, 0.25) is 0 Å². The summed E-state index contributed by atoms with van der Waals surface area (Å²) in [5, 5.41) is 0.753. The quantitative estimate of drug-likeness (QED) is 0.138. The first-order valence-electron chi connectivity index (χ1n) is 16.3. The summed E-state index contributed by atoms with van der Waals surface area (Å²) in [5.41, 5.74) is 5.54. The molecule has 4 saturated heterocycles. The molecule has 0 spiro atoms. The Morgan fingerprint density at radius 1 is 0.565 bits per heavy atom. The molecule has 0 amide bonds. The van der Waals surface area contributed by atoms with Crippen molar-refractivity contribution in [3.8, 4) is 16.9 Å². The normalized spacial score (nSPS) is 27.0. The van der Waals surface area contributed by atoms with Gasteiger partial charge in [-0.05, 0) is 53.1 Å². The van der Waals surface area contributed by atoms with Crippen LogP contribution in [0.5, 0.6) is 5.75 Å². The van der Waals surface area contributed by atoms with Crippen LogP contribution in [0.4, 0.5) is 11.4 Å². The molecule has 0 saturated carbocycles. The van der Waals surface area contributed by atoms with E-state index in [1.165, 1.54) is 0 Å². The summed E-state index contributed by atoms with van der Waals surface area (Å²) in [5.74, 6) is 0.655. The van der Waals surface area contributed by atoms with Crippen molar-refractivity contribution in [1.29, 1.82) is 0 Å². The Morgan fingerprint density at radius 3 is 1.43 bits per heavy atom. The molecule has 5 atom stereocenters. The second-order valence-corrected chi connectivity index (χ2v) is 15.3. The van der Waals surface area contributed by atoms with Crippen LogP contribution in [0.1, 0.15) is 16.8 Å². The molecule has 9 heteroatoms. The average molecular weight is 637 g/mol. The van der Waals surface area contributed by atoms with E-state index in [9.17, 15) is 0 Å². The Labute approximate surface area is 269 Å². The summed E-state index contributed by atoms with van der Waals surface area (Å²) in [6.45, 7) is 6.57.